The van der Waals surface area contributed by atoms with E-state index in [1.54, 1.807) is 0 Å². The van der Waals surface area contributed by atoms with Gasteiger partial charge in [0.2, 0.25) is 0 Å². The Kier molecular flexibility index (Phi) is 5.62. The summed E-state index contributed by atoms with van der Waals surface area (Å²) in [5.74, 6) is 1.83. The average Bonchev–Trinajstić information content (AvgIpc) is 2.91. The van der Waals surface area contributed by atoms with Crippen LogP contribution in [0.4, 0.5) is 0 Å². The largest absolute Gasteiger partial charge is 0.315 e. The first-order valence-corrected chi connectivity index (χ1v) is 6.72. The van der Waals surface area contributed by atoms with Crippen LogP contribution in [0.15, 0.2) is 0 Å². The minimum Gasteiger partial charge on any atom is -0.315 e. The molecule has 2 saturated heterocycles. The molecular formula is C13H28N2. The van der Waals surface area contributed by atoms with Crippen molar-refractivity contribution in [2.45, 2.75) is 46.6 Å². The summed E-state index contributed by atoms with van der Waals surface area (Å²) in [5, 5.41) is 3.45. The molecule has 15 heavy (non-hydrogen) atoms. The number of hydrogen-bond donors (Lipinski definition) is 1. The zero-order chi connectivity index (χ0) is 11.3. The van der Waals surface area contributed by atoms with Crippen LogP contribution in [0.1, 0.15) is 40.5 Å². The lowest BCUT2D eigenvalue weighted by molar-refractivity contribution is 0.238. The maximum Gasteiger partial charge on any atom is 0.0232 e. The SMILES string of the molecule is CC.CC(C)C1CCN(C2CCNC2)C1. The first-order chi connectivity index (χ1) is 7.27. The topological polar surface area (TPSA) is 15.3 Å². The third-order valence-corrected chi connectivity index (χ3v) is 3.75. The average molecular weight is 212 g/mol. The Bertz CT molecular complexity index is 162. The van der Waals surface area contributed by atoms with Crippen molar-refractivity contribution in [2.24, 2.45) is 11.8 Å². The number of rotatable bonds is 2. The van der Waals surface area contributed by atoms with E-state index in [-0.39, 0.29) is 0 Å². The minimum atomic E-state index is 0.851. The molecule has 90 valence electrons. The van der Waals surface area contributed by atoms with Crippen LogP contribution >= 0.6 is 0 Å². The van der Waals surface area contributed by atoms with E-state index < -0.39 is 0 Å². The van der Waals surface area contributed by atoms with Crippen molar-refractivity contribution in [1.29, 1.82) is 0 Å². The van der Waals surface area contributed by atoms with Crippen molar-refractivity contribution in [3.8, 4) is 0 Å². The van der Waals surface area contributed by atoms with Gasteiger partial charge in [-0.05, 0) is 37.8 Å². The molecule has 2 heterocycles. The van der Waals surface area contributed by atoms with Crippen LogP contribution in [0.25, 0.3) is 0 Å². The Morgan fingerprint density at radius 2 is 1.93 bits per heavy atom. The van der Waals surface area contributed by atoms with Crippen molar-refractivity contribution < 1.29 is 0 Å². The van der Waals surface area contributed by atoms with Crippen molar-refractivity contribution in [1.82, 2.24) is 10.2 Å². The molecule has 0 radical (unpaired) electrons. The number of nitrogens with one attached hydrogen (secondary N) is 1. The van der Waals surface area contributed by atoms with E-state index in [2.05, 4.69) is 24.1 Å². The smallest absolute Gasteiger partial charge is 0.0232 e. The van der Waals surface area contributed by atoms with Gasteiger partial charge in [0.25, 0.3) is 0 Å². The molecule has 2 nitrogen and oxygen atoms in total. The van der Waals surface area contributed by atoms with E-state index in [0.717, 1.165) is 17.9 Å². The second-order valence-corrected chi connectivity index (χ2v) is 4.93. The zero-order valence-electron chi connectivity index (χ0n) is 10.9. The monoisotopic (exact) mass is 212 g/mol. The molecule has 0 aromatic carbocycles. The van der Waals surface area contributed by atoms with E-state index in [4.69, 9.17) is 0 Å². The van der Waals surface area contributed by atoms with Gasteiger partial charge in [-0.25, -0.2) is 0 Å². The van der Waals surface area contributed by atoms with E-state index in [9.17, 15) is 0 Å². The van der Waals surface area contributed by atoms with Gasteiger partial charge in [0.15, 0.2) is 0 Å². The fourth-order valence-electron chi connectivity index (χ4n) is 2.64. The molecular weight excluding hydrogens is 184 g/mol. The van der Waals surface area contributed by atoms with Gasteiger partial charge < -0.3 is 5.32 Å². The van der Waals surface area contributed by atoms with E-state index >= 15 is 0 Å². The van der Waals surface area contributed by atoms with E-state index in [1.807, 2.05) is 13.8 Å². The molecule has 0 aromatic rings. The van der Waals surface area contributed by atoms with Gasteiger partial charge in [0.1, 0.15) is 0 Å². The molecule has 2 rings (SSSR count). The van der Waals surface area contributed by atoms with Gasteiger partial charge >= 0.3 is 0 Å². The summed E-state index contributed by atoms with van der Waals surface area (Å²) >= 11 is 0. The Morgan fingerprint density at radius 1 is 1.20 bits per heavy atom. The van der Waals surface area contributed by atoms with Gasteiger partial charge in [-0.15, -0.1) is 0 Å². The van der Waals surface area contributed by atoms with Gasteiger partial charge in [-0.2, -0.15) is 0 Å². The van der Waals surface area contributed by atoms with Crippen molar-refractivity contribution >= 4 is 0 Å². The highest BCUT2D eigenvalue weighted by Gasteiger charge is 2.30. The molecule has 2 aliphatic rings. The predicted octanol–water partition coefficient (Wildman–Crippen LogP) is 2.35. The van der Waals surface area contributed by atoms with Crippen LogP contribution in [0.3, 0.4) is 0 Å². The lowest BCUT2D eigenvalue weighted by Gasteiger charge is -2.23. The lowest BCUT2D eigenvalue weighted by Crippen LogP contribution is -2.35. The Labute approximate surface area is 95.4 Å². The second-order valence-electron chi connectivity index (χ2n) is 4.93. The summed E-state index contributed by atoms with van der Waals surface area (Å²) in [6.07, 6.45) is 2.79. The van der Waals surface area contributed by atoms with Gasteiger partial charge in [0, 0.05) is 19.1 Å². The fraction of sp³-hybridized carbons (Fsp3) is 1.00. The molecule has 0 bridgehead atoms. The molecule has 2 fully saturated rings. The molecule has 2 unspecified atom stereocenters. The summed E-state index contributed by atoms with van der Waals surface area (Å²) in [4.78, 5) is 2.70. The summed E-state index contributed by atoms with van der Waals surface area (Å²) < 4.78 is 0. The highest BCUT2D eigenvalue weighted by atomic mass is 15.2. The molecule has 0 spiro atoms. The molecule has 0 aromatic heterocycles. The Balaban J connectivity index is 0.000000531. The molecule has 0 aliphatic carbocycles. The summed E-state index contributed by atoms with van der Waals surface area (Å²) in [7, 11) is 0. The Morgan fingerprint density at radius 3 is 2.40 bits per heavy atom. The third kappa shape index (κ3) is 3.46. The molecule has 0 saturated carbocycles. The molecule has 1 N–H and O–H groups in total. The maximum absolute atomic E-state index is 3.45. The Hall–Kier alpha value is -0.0800. The number of likely N-dealkylation sites (tertiary alicyclic amines) is 1. The highest BCUT2D eigenvalue weighted by molar-refractivity contribution is 4.86. The fourth-order valence-corrected chi connectivity index (χ4v) is 2.64. The van der Waals surface area contributed by atoms with Crippen LogP contribution in [0, 0.1) is 11.8 Å². The third-order valence-electron chi connectivity index (χ3n) is 3.75. The summed E-state index contributed by atoms with van der Waals surface area (Å²) in [6, 6.07) is 0.851. The maximum atomic E-state index is 3.45. The van der Waals surface area contributed by atoms with Crippen molar-refractivity contribution in [3.63, 3.8) is 0 Å². The van der Waals surface area contributed by atoms with Crippen LogP contribution in [-0.2, 0) is 0 Å². The predicted molar refractivity (Wildman–Crippen MR) is 67.1 cm³/mol. The standard InChI is InChI=1S/C11H22N2.C2H6/c1-9(2)10-4-6-13(8-10)11-3-5-12-7-11;1-2/h9-12H,3-8H2,1-2H3;1-2H3. The highest BCUT2D eigenvalue weighted by Crippen LogP contribution is 2.26. The van der Waals surface area contributed by atoms with Crippen molar-refractivity contribution in [2.75, 3.05) is 26.2 Å². The quantitative estimate of drug-likeness (QED) is 0.756. The first kappa shape index (κ1) is 13.0. The van der Waals surface area contributed by atoms with Crippen LogP contribution in [0.5, 0.6) is 0 Å². The van der Waals surface area contributed by atoms with Crippen LogP contribution < -0.4 is 5.32 Å². The summed E-state index contributed by atoms with van der Waals surface area (Å²) in [6.45, 7) is 13.9. The van der Waals surface area contributed by atoms with E-state index in [1.165, 1.54) is 39.0 Å². The number of nitrogens with zero attached hydrogens (tertiary/aromatic N) is 1. The molecule has 2 heteroatoms. The van der Waals surface area contributed by atoms with E-state index in [0.29, 0.717) is 0 Å². The first-order valence-electron chi connectivity index (χ1n) is 6.72. The lowest BCUT2D eigenvalue weighted by atomic mass is 9.95. The molecule has 0 amide bonds. The summed E-state index contributed by atoms with van der Waals surface area (Å²) in [5.41, 5.74) is 0. The minimum absolute atomic E-state index is 0.851. The van der Waals surface area contributed by atoms with Gasteiger partial charge in [0.05, 0.1) is 0 Å². The van der Waals surface area contributed by atoms with Gasteiger partial charge in [-0.3, -0.25) is 4.90 Å². The second kappa shape index (κ2) is 6.49. The number of hydrogen-bond acceptors (Lipinski definition) is 2. The van der Waals surface area contributed by atoms with Crippen LogP contribution in [0.2, 0.25) is 0 Å². The van der Waals surface area contributed by atoms with Gasteiger partial charge in [-0.1, -0.05) is 27.7 Å². The van der Waals surface area contributed by atoms with Crippen molar-refractivity contribution in [3.05, 3.63) is 0 Å². The molecule has 2 aliphatic heterocycles. The van der Waals surface area contributed by atoms with Crippen LogP contribution in [-0.4, -0.2) is 37.1 Å². The normalized spacial score (nSPS) is 31.8. The molecule has 2 atom stereocenters. The zero-order valence-corrected chi connectivity index (χ0v) is 10.9.